The predicted octanol–water partition coefficient (Wildman–Crippen LogP) is 4.15. The second-order valence-corrected chi connectivity index (χ2v) is 5.75. The molecule has 3 rings (SSSR count). The molecule has 5 nitrogen and oxygen atoms in total. The number of aryl methyl sites for hydroxylation is 1. The zero-order valence-electron chi connectivity index (χ0n) is 14.4. The van der Waals surface area contributed by atoms with Gasteiger partial charge >= 0.3 is 0 Å². The zero-order chi connectivity index (χ0) is 18.4. The van der Waals surface area contributed by atoms with Gasteiger partial charge in [0.15, 0.2) is 0 Å². The van der Waals surface area contributed by atoms with E-state index in [1.54, 1.807) is 18.2 Å². The minimum absolute atomic E-state index is 0.183. The summed E-state index contributed by atoms with van der Waals surface area (Å²) in [5, 5.41) is 5.58. The molecule has 1 heterocycles. The molecule has 0 saturated carbocycles. The molecule has 0 atom stereocenters. The number of pyridine rings is 1. The van der Waals surface area contributed by atoms with Crippen molar-refractivity contribution >= 4 is 23.2 Å². The van der Waals surface area contributed by atoms with Crippen LogP contribution in [0.3, 0.4) is 0 Å². The van der Waals surface area contributed by atoms with Crippen LogP contribution < -0.4 is 10.6 Å². The Kier molecular flexibility index (Phi) is 5.39. The quantitative estimate of drug-likeness (QED) is 0.730. The fraction of sp³-hybridized carbons (Fsp3) is 0.0952. The number of carbonyl (C=O) groups is 2. The van der Waals surface area contributed by atoms with Crippen molar-refractivity contribution in [2.45, 2.75) is 13.3 Å². The summed E-state index contributed by atoms with van der Waals surface area (Å²) in [7, 11) is 0. The lowest BCUT2D eigenvalue weighted by atomic mass is 10.1. The summed E-state index contributed by atoms with van der Waals surface area (Å²) < 4.78 is 0. The number of hydrogen-bond acceptors (Lipinski definition) is 3. The third kappa shape index (κ3) is 4.33. The van der Waals surface area contributed by atoms with Gasteiger partial charge in [-0.2, -0.15) is 0 Å². The Morgan fingerprint density at radius 1 is 0.846 bits per heavy atom. The lowest BCUT2D eigenvalue weighted by molar-refractivity contribution is 0.102. The standard InChI is InChI=1S/C21H19N3O2/c1-2-15-8-10-18(11-9-15)23-20(25)16-12-13-22-19(14-16)21(26)24-17-6-4-3-5-7-17/h3-14H,2H2,1H3,(H,23,25)(H,24,26). The maximum absolute atomic E-state index is 12.4. The van der Waals surface area contributed by atoms with Crippen LogP contribution in [0.2, 0.25) is 0 Å². The Bertz CT molecular complexity index is 906. The van der Waals surface area contributed by atoms with E-state index < -0.39 is 0 Å². The zero-order valence-corrected chi connectivity index (χ0v) is 14.4. The molecule has 0 aliphatic rings. The van der Waals surface area contributed by atoms with Crippen LogP contribution in [0, 0.1) is 0 Å². The van der Waals surface area contributed by atoms with Gasteiger partial charge in [-0.25, -0.2) is 0 Å². The molecule has 0 unspecified atom stereocenters. The largest absolute Gasteiger partial charge is 0.322 e. The summed E-state index contributed by atoms with van der Waals surface area (Å²) in [6.07, 6.45) is 2.40. The normalized spacial score (nSPS) is 10.2. The van der Waals surface area contributed by atoms with Crippen molar-refractivity contribution in [3.05, 3.63) is 89.7 Å². The van der Waals surface area contributed by atoms with Crippen molar-refractivity contribution in [3.8, 4) is 0 Å². The summed E-state index contributed by atoms with van der Waals surface area (Å²) >= 11 is 0. The number of amides is 2. The second kappa shape index (κ2) is 8.07. The molecule has 0 aliphatic carbocycles. The number of para-hydroxylation sites is 1. The summed E-state index contributed by atoms with van der Waals surface area (Å²) in [6.45, 7) is 2.08. The van der Waals surface area contributed by atoms with E-state index in [0.717, 1.165) is 6.42 Å². The van der Waals surface area contributed by atoms with Gasteiger partial charge in [-0.05, 0) is 48.4 Å². The van der Waals surface area contributed by atoms with Crippen molar-refractivity contribution in [2.75, 3.05) is 10.6 Å². The van der Waals surface area contributed by atoms with E-state index in [0.29, 0.717) is 16.9 Å². The molecule has 0 fully saturated rings. The molecule has 2 aromatic carbocycles. The number of rotatable bonds is 5. The van der Waals surface area contributed by atoms with E-state index in [2.05, 4.69) is 22.5 Å². The van der Waals surface area contributed by atoms with E-state index >= 15 is 0 Å². The first-order chi connectivity index (χ1) is 12.7. The number of hydrogen-bond donors (Lipinski definition) is 2. The van der Waals surface area contributed by atoms with Crippen LogP contribution in [-0.4, -0.2) is 16.8 Å². The number of nitrogens with one attached hydrogen (secondary N) is 2. The molecule has 0 spiro atoms. The van der Waals surface area contributed by atoms with E-state index in [-0.39, 0.29) is 17.5 Å². The van der Waals surface area contributed by atoms with E-state index in [4.69, 9.17) is 0 Å². The average Bonchev–Trinajstić information content (AvgIpc) is 2.69. The molecule has 2 amide bonds. The first kappa shape index (κ1) is 17.4. The molecule has 0 aliphatic heterocycles. The highest BCUT2D eigenvalue weighted by molar-refractivity contribution is 6.07. The van der Waals surface area contributed by atoms with Crippen LogP contribution in [-0.2, 0) is 6.42 Å². The van der Waals surface area contributed by atoms with Crippen molar-refractivity contribution in [2.24, 2.45) is 0 Å². The van der Waals surface area contributed by atoms with Crippen LogP contribution in [0.5, 0.6) is 0 Å². The fourth-order valence-corrected chi connectivity index (χ4v) is 2.44. The number of benzene rings is 2. The monoisotopic (exact) mass is 345 g/mol. The average molecular weight is 345 g/mol. The molecule has 3 aromatic rings. The Morgan fingerprint density at radius 3 is 2.19 bits per heavy atom. The van der Waals surface area contributed by atoms with Crippen molar-refractivity contribution in [3.63, 3.8) is 0 Å². The third-order valence-corrected chi connectivity index (χ3v) is 3.91. The second-order valence-electron chi connectivity index (χ2n) is 5.75. The highest BCUT2D eigenvalue weighted by atomic mass is 16.2. The SMILES string of the molecule is CCc1ccc(NC(=O)c2ccnc(C(=O)Nc3ccccc3)c2)cc1. The first-order valence-electron chi connectivity index (χ1n) is 8.38. The van der Waals surface area contributed by atoms with Crippen molar-refractivity contribution < 1.29 is 9.59 Å². The topological polar surface area (TPSA) is 71.1 Å². The molecule has 5 heteroatoms. The minimum atomic E-state index is -0.363. The van der Waals surface area contributed by atoms with Gasteiger partial charge in [-0.1, -0.05) is 37.3 Å². The van der Waals surface area contributed by atoms with Crippen LogP contribution >= 0.6 is 0 Å². The van der Waals surface area contributed by atoms with Crippen molar-refractivity contribution in [1.29, 1.82) is 0 Å². The molecular formula is C21H19N3O2. The van der Waals surface area contributed by atoms with Crippen LogP contribution in [0.1, 0.15) is 33.3 Å². The van der Waals surface area contributed by atoms with Gasteiger partial charge in [0.05, 0.1) is 0 Å². The van der Waals surface area contributed by atoms with Gasteiger partial charge in [0, 0.05) is 23.1 Å². The van der Waals surface area contributed by atoms with E-state index in [1.165, 1.54) is 17.8 Å². The van der Waals surface area contributed by atoms with Crippen molar-refractivity contribution in [1.82, 2.24) is 4.98 Å². The van der Waals surface area contributed by atoms with Gasteiger partial charge in [-0.15, -0.1) is 0 Å². The van der Waals surface area contributed by atoms with Gasteiger partial charge in [0.1, 0.15) is 5.69 Å². The maximum atomic E-state index is 12.4. The molecule has 2 N–H and O–H groups in total. The highest BCUT2D eigenvalue weighted by Crippen LogP contribution is 2.13. The summed E-state index contributed by atoms with van der Waals surface area (Å²) in [5.74, 6) is -0.649. The molecule has 130 valence electrons. The van der Waals surface area contributed by atoms with Gasteiger partial charge in [0.2, 0.25) is 0 Å². The smallest absolute Gasteiger partial charge is 0.274 e. The minimum Gasteiger partial charge on any atom is -0.322 e. The molecule has 0 saturated heterocycles. The Morgan fingerprint density at radius 2 is 1.50 bits per heavy atom. The molecular weight excluding hydrogens is 326 g/mol. The summed E-state index contributed by atoms with van der Waals surface area (Å²) in [4.78, 5) is 28.8. The number of carbonyl (C=O) groups excluding carboxylic acids is 2. The number of nitrogens with zero attached hydrogens (tertiary/aromatic N) is 1. The fourth-order valence-electron chi connectivity index (χ4n) is 2.44. The molecule has 0 bridgehead atoms. The summed E-state index contributed by atoms with van der Waals surface area (Å²) in [5.41, 5.74) is 3.14. The lowest BCUT2D eigenvalue weighted by Gasteiger charge is -2.08. The Hall–Kier alpha value is -3.47. The van der Waals surface area contributed by atoms with Gasteiger partial charge in [0.25, 0.3) is 11.8 Å². The molecule has 1 aromatic heterocycles. The lowest BCUT2D eigenvalue weighted by Crippen LogP contribution is -2.17. The van der Waals surface area contributed by atoms with Crippen LogP contribution in [0.4, 0.5) is 11.4 Å². The molecule has 26 heavy (non-hydrogen) atoms. The first-order valence-corrected chi connectivity index (χ1v) is 8.38. The van der Waals surface area contributed by atoms with Crippen LogP contribution in [0.15, 0.2) is 72.9 Å². The maximum Gasteiger partial charge on any atom is 0.274 e. The molecule has 0 radical (unpaired) electrons. The van der Waals surface area contributed by atoms with E-state index in [9.17, 15) is 9.59 Å². The van der Waals surface area contributed by atoms with Gasteiger partial charge < -0.3 is 10.6 Å². The number of anilines is 2. The Balaban J connectivity index is 1.71. The Labute approximate surface area is 152 Å². The predicted molar refractivity (Wildman–Crippen MR) is 102 cm³/mol. The summed E-state index contributed by atoms with van der Waals surface area (Å²) in [6, 6.07) is 19.8. The highest BCUT2D eigenvalue weighted by Gasteiger charge is 2.12. The van der Waals surface area contributed by atoms with Crippen LogP contribution in [0.25, 0.3) is 0 Å². The number of aromatic nitrogens is 1. The third-order valence-electron chi connectivity index (χ3n) is 3.91. The van der Waals surface area contributed by atoms with Gasteiger partial charge in [-0.3, -0.25) is 14.6 Å². The van der Waals surface area contributed by atoms with E-state index in [1.807, 2.05) is 42.5 Å².